The average Bonchev–Trinajstić information content (AvgIpc) is 3.28. The molecule has 2 N–H and O–H groups in total. The Morgan fingerprint density at radius 3 is 2.83 bits per heavy atom. The van der Waals surface area contributed by atoms with Gasteiger partial charge >= 0.3 is 0 Å². The summed E-state index contributed by atoms with van der Waals surface area (Å²) in [7, 11) is 0. The van der Waals surface area contributed by atoms with Gasteiger partial charge in [-0.05, 0) is 31.2 Å². The zero-order valence-corrected chi connectivity index (χ0v) is 17.4. The van der Waals surface area contributed by atoms with E-state index in [-0.39, 0.29) is 29.4 Å². The summed E-state index contributed by atoms with van der Waals surface area (Å²) in [4.78, 5) is 33.5. The molecule has 0 radical (unpaired) electrons. The minimum atomic E-state index is -0.0652. The smallest absolute Gasteiger partial charge is 0.278 e. The first-order valence-corrected chi connectivity index (χ1v) is 11.4. The Morgan fingerprint density at radius 2 is 2.10 bits per heavy atom. The van der Waals surface area contributed by atoms with E-state index in [4.69, 9.17) is 9.72 Å². The molecule has 5 rings (SSSR count). The third kappa shape index (κ3) is 3.89. The lowest BCUT2D eigenvalue weighted by Gasteiger charge is -2.13. The van der Waals surface area contributed by atoms with Crippen LogP contribution in [0.2, 0.25) is 0 Å². The fourth-order valence-corrected chi connectivity index (χ4v) is 4.75. The van der Waals surface area contributed by atoms with E-state index in [2.05, 4.69) is 10.3 Å². The van der Waals surface area contributed by atoms with Gasteiger partial charge in [-0.2, -0.15) is 0 Å². The first-order chi connectivity index (χ1) is 14.7. The SMILES string of the molecule is O=C(CSc1nc2c(-c3ccccc3)c[nH]c2c(=O)n1C1CC1)NC[C@H]1CCCO1. The van der Waals surface area contributed by atoms with Crippen LogP contribution in [0.5, 0.6) is 0 Å². The Bertz CT molecular complexity index is 1110. The lowest BCUT2D eigenvalue weighted by Crippen LogP contribution is -2.33. The maximum absolute atomic E-state index is 13.2. The predicted molar refractivity (Wildman–Crippen MR) is 117 cm³/mol. The number of hydrogen-bond donors (Lipinski definition) is 2. The van der Waals surface area contributed by atoms with Crippen molar-refractivity contribution in [3.05, 3.63) is 46.9 Å². The molecule has 7 nitrogen and oxygen atoms in total. The first kappa shape index (κ1) is 19.4. The zero-order chi connectivity index (χ0) is 20.5. The molecule has 3 aromatic rings. The van der Waals surface area contributed by atoms with Crippen LogP contribution in [-0.2, 0) is 9.53 Å². The number of rotatable bonds is 7. The van der Waals surface area contributed by atoms with Gasteiger partial charge in [0.2, 0.25) is 5.91 Å². The highest BCUT2D eigenvalue weighted by atomic mass is 32.2. The van der Waals surface area contributed by atoms with E-state index in [1.807, 2.05) is 36.5 Å². The van der Waals surface area contributed by atoms with Gasteiger partial charge in [-0.15, -0.1) is 0 Å². The van der Waals surface area contributed by atoms with Gasteiger partial charge in [-0.25, -0.2) is 4.98 Å². The van der Waals surface area contributed by atoms with Gasteiger partial charge in [0.25, 0.3) is 5.56 Å². The minimum Gasteiger partial charge on any atom is -0.376 e. The molecule has 1 aliphatic heterocycles. The summed E-state index contributed by atoms with van der Waals surface area (Å²) in [5, 5.41) is 3.55. The van der Waals surface area contributed by atoms with Crippen LogP contribution in [-0.4, -0.2) is 45.5 Å². The number of nitrogens with one attached hydrogen (secondary N) is 2. The second-order valence-corrected chi connectivity index (χ2v) is 8.76. The second-order valence-electron chi connectivity index (χ2n) is 7.82. The van der Waals surface area contributed by atoms with Crippen molar-refractivity contribution < 1.29 is 9.53 Å². The Labute approximate surface area is 178 Å². The molecule has 8 heteroatoms. The molecule has 30 heavy (non-hydrogen) atoms. The Balaban J connectivity index is 1.41. The van der Waals surface area contributed by atoms with Gasteiger partial charge in [0.05, 0.1) is 11.9 Å². The number of amides is 1. The van der Waals surface area contributed by atoms with E-state index in [0.717, 1.165) is 43.4 Å². The predicted octanol–water partition coefficient (Wildman–Crippen LogP) is 3.11. The summed E-state index contributed by atoms with van der Waals surface area (Å²) in [6.45, 7) is 1.31. The van der Waals surface area contributed by atoms with Crippen molar-refractivity contribution in [2.45, 2.75) is 43.0 Å². The number of aromatic amines is 1. The Hall–Kier alpha value is -2.58. The zero-order valence-electron chi connectivity index (χ0n) is 16.6. The number of aromatic nitrogens is 3. The normalized spacial score (nSPS) is 18.7. The standard InChI is InChI=1S/C22H24N4O3S/c27-18(23-11-16-7-4-10-29-16)13-30-22-25-19-17(14-5-2-1-3-6-14)12-24-20(19)21(28)26(22)15-8-9-15/h1-3,5-6,12,15-16,24H,4,7-11,13H2,(H,23,27)/t16-/m1/s1. The Morgan fingerprint density at radius 1 is 1.27 bits per heavy atom. The number of carbonyl (C=O) groups is 1. The molecule has 1 saturated heterocycles. The summed E-state index contributed by atoms with van der Waals surface area (Å²) in [6.07, 6.45) is 5.94. The molecule has 1 amide bonds. The lowest BCUT2D eigenvalue weighted by atomic mass is 10.1. The van der Waals surface area contributed by atoms with Crippen molar-refractivity contribution in [3.63, 3.8) is 0 Å². The van der Waals surface area contributed by atoms with Crippen LogP contribution in [0, 0.1) is 0 Å². The van der Waals surface area contributed by atoms with Gasteiger partial charge in [0, 0.05) is 31.0 Å². The molecule has 2 aliphatic rings. The maximum Gasteiger partial charge on any atom is 0.278 e. The van der Waals surface area contributed by atoms with Crippen molar-refractivity contribution >= 4 is 28.7 Å². The fourth-order valence-electron chi connectivity index (χ4n) is 3.86. The monoisotopic (exact) mass is 424 g/mol. The number of nitrogens with zero attached hydrogens (tertiary/aromatic N) is 2. The highest BCUT2D eigenvalue weighted by Gasteiger charge is 2.30. The number of H-pyrrole nitrogens is 1. The summed E-state index contributed by atoms with van der Waals surface area (Å²) in [5.74, 6) is 0.159. The van der Waals surface area contributed by atoms with Crippen LogP contribution in [0.3, 0.4) is 0 Å². The first-order valence-electron chi connectivity index (χ1n) is 10.4. The molecule has 1 aliphatic carbocycles. The van der Waals surface area contributed by atoms with Gasteiger partial charge in [-0.1, -0.05) is 42.1 Å². The topological polar surface area (TPSA) is 89.0 Å². The average molecular weight is 425 g/mol. The summed E-state index contributed by atoms with van der Waals surface area (Å²) >= 11 is 1.33. The maximum atomic E-state index is 13.2. The molecule has 0 spiro atoms. The van der Waals surface area contributed by atoms with Crippen molar-refractivity contribution in [3.8, 4) is 11.1 Å². The van der Waals surface area contributed by atoms with Crippen LogP contribution in [0.4, 0.5) is 0 Å². The molecule has 0 bridgehead atoms. The number of hydrogen-bond acceptors (Lipinski definition) is 5. The van der Waals surface area contributed by atoms with Crippen LogP contribution in [0.25, 0.3) is 22.2 Å². The van der Waals surface area contributed by atoms with Crippen molar-refractivity contribution in [1.82, 2.24) is 19.9 Å². The Kier molecular flexibility index (Phi) is 5.35. The second kappa shape index (κ2) is 8.28. The highest BCUT2D eigenvalue weighted by Crippen LogP contribution is 2.37. The molecule has 2 fully saturated rings. The molecule has 3 heterocycles. The number of benzene rings is 1. The molecule has 1 saturated carbocycles. The summed E-state index contributed by atoms with van der Waals surface area (Å²) in [5.41, 5.74) is 3.02. The third-order valence-electron chi connectivity index (χ3n) is 5.58. The minimum absolute atomic E-state index is 0.0630. The summed E-state index contributed by atoms with van der Waals surface area (Å²) in [6, 6.07) is 10.1. The third-order valence-corrected chi connectivity index (χ3v) is 6.53. The molecule has 0 unspecified atom stereocenters. The van der Waals surface area contributed by atoms with Gasteiger partial charge in [-0.3, -0.25) is 14.2 Å². The number of thioether (sulfide) groups is 1. The molecule has 1 aromatic carbocycles. The van der Waals surface area contributed by atoms with Crippen LogP contribution in [0.1, 0.15) is 31.7 Å². The molecule has 156 valence electrons. The van der Waals surface area contributed by atoms with Crippen LogP contribution < -0.4 is 10.9 Å². The van der Waals surface area contributed by atoms with Crippen molar-refractivity contribution in [2.75, 3.05) is 18.9 Å². The highest BCUT2D eigenvalue weighted by molar-refractivity contribution is 7.99. The molecular formula is C22H24N4O3S. The number of ether oxygens (including phenoxy) is 1. The van der Waals surface area contributed by atoms with E-state index < -0.39 is 0 Å². The van der Waals surface area contributed by atoms with Crippen molar-refractivity contribution in [2.24, 2.45) is 0 Å². The van der Waals surface area contributed by atoms with E-state index >= 15 is 0 Å². The van der Waals surface area contributed by atoms with E-state index in [9.17, 15) is 9.59 Å². The molecule has 2 aromatic heterocycles. The van der Waals surface area contributed by atoms with E-state index in [1.54, 1.807) is 4.57 Å². The van der Waals surface area contributed by atoms with Gasteiger partial charge in [0.1, 0.15) is 11.0 Å². The number of carbonyl (C=O) groups excluding carboxylic acids is 1. The molecule has 1 atom stereocenters. The number of fused-ring (bicyclic) bond motifs is 1. The van der Waals surface area contributed by atoms with E-state index in [1.165, 1.54) is 11.8 Å². The molecular weight excluding hydrogens is 400 g/mol. The van der Waals surface area contributed by atoms with Crippen LogP contribution in [0.15, 0.2) is 46.5 Å². The lowest BCUT2D eigenvalue weighted by molar-refractivity contribution is -0.119. The quantitative estimate of drug-likeness (QED) is 0.449. The van der Waals surface area contributed by atoms with E-state index in [0.29, 0.717) is 22.7 Å². The fraction of sp³-hybridized carbons (Fsp3) is 0.409. The van der Waals surface area contributed by atoms with Gasteiger partial charge in [0.15, 0.2) is 5.16 Å². The largest absolute Gasteiger partial charge is 0.376 e. The van der Waals surface area contributed by atoms with Gasteiger partial charge < -0.3 is 15.0 Å². The van der Waals surface area contributed by atoms with Crippen LogP contribution >= 0.6 is 11.8 Å². The summed E-state index contributed by atoms with van der Waals surface area (Å²) < 4.78 is 7.31. The van der Waals surface area contributed by atoms with Crippen molar-refractivity contribution in [1.29, 1.82) is 0 Å².